The van der Waals surface area contributed by atoms with Crippen LogP contribution in [0.1, 0.15) is 40.4 Å². The standard InChI is InChI=1S/C13H25N5O/c1-6-19-9(2)8-15-10-7-11(18-14)17-12(16-10)13(3,4)5/h7,9H,6,8,14H2,1-5H3,(H2,15,16,17,18). The molecule has 0 spiro atoms. The topological polar surface area (TPSA) is 85.1 Å². The summed E-state index contributed by atoms with van der Waals surface area (Å²) in [5.74, 6) is 7.54. The molecule has 0 saturated heterocycles. The van der Waals surface area contributed by atoms with Gasteiger partial charge in [-0.2, -0.15) is 0 Å². The van der Waals surface area contributed by atoms with E-state index >= 15 is 0 Å². The third-order valence-corrected chi connectivity index (χ3v) is 2.57. The van der Waals surface area contributed by atoms with Crippen LogP contribution < -0.4 is 16.6 Å². The zero-order chi connectivity index (χ0) is 14.5. The van der Waals surface area contributed by atoms with Gasteiger partial charge in [0, 0.05) is 24.6 Å². The summed E-state index contributed by atoms with van der Waals surface area (Å²) in [6, 6.07) is 1.79. The Morgan fingerprint density at radius 2 is 1.95 bits per heavy atom. The molecule has 1 atom stereocenters. The van der Waals surface area contributed by atoms with E-state index in [2.05, 4.69) is 41.5 Å². The van der Waals surface area contributed by atoms with E-state index in [4.69, 9.17) is 10.6 Å². The Hall–Kier alpha value is -1.40. The third-order valence-electron chi connectivity index (χ3n) is 2.57. The van der Waals surface area contributed by atoms with Crippen molar-refractivity contribution in [1.82, 2.24) is 9.97 Å². The van der Waals surface area contributed by atoms with E-state index in [1.165, 1.54) is 0 Å². The highest BCUT2D eigenvalue weighted by Crippen LogP contribution is 2.21. The number of anilines is 2. The second-order valence-corrected chi connectivity index (χ2v) is 5.50. The molecule has 0 bridgehead atoms. The molecule has 0 amide bonds. The van der Waals surface area contributed by atoms with Crippen LogP contribution >= 0.6 is 0 Å². The number of hydrogen-bond acceptors (Lipinski definition) is 6. The average molecular weight is 267 g/mol. The molecule has 1 rings (SSSR count). The van der Waals surface area contributed by atoms with Crippen molar-refractivity contribution < 1.29 is 4.74 Å². The number of nitrogens with zero attached hydrogens (tertiary/aromatic N) is 2. The predicted molar refractivity (Wildman–Crippen MR) is 78.1 cm³/mol. The number of hydrogen-bond donors (Lipinski definition) is 3. The summed E-state index contributed by atoms with van der Waals surface area (Å²) in [7, 11) is 0. The maximum atomic E-state index is 5.47. The number of nitrogen functional groups attached to an aromatic ring is 1. The average Bonchev–Trinajstić information content (AvgIpc) is 2.35. The molecule has 0 saturated carbocycles. The molecule has 6 nitrogen and oxygen atoms in total. The van der Waals surface area contributed by atoms with Gasteiger partial charge in [0.1, 0.15) is 17.5 Å². The summed E-state index contributed by atoms with van der Waals surface area (Å²) in [6.07, 6.45) is 0.132. The van der Waals surface area contributed by atoms with E-state index in [0.717, 1.165) is 11.6 Å². The number of nitrogens with two attached hydrogens (primary N) is 1. The molecule has 0 aliphatic heterocycles. The Labute approximate surface area is 115 Å². The summed E-state index contributed by atoms with van der Waals surface area (Å²) in [6.45, 7) is 11.6. The highest BCUT2D eigenvalue weighted by molar-refractivity contribution is 5.47. The van der Waals surface area contributed by atoms with E-state index in [9.17, 15) is 0 Å². The van der Waals surface area contributed by atoms with Gasteiger partial charge in [-0.3, -0.25) is 0 Å². The Balaban J connectivity index is 2.83. The third kappa shape index (κ3) is 5.00. The maximum absolute atomic E-state index is 5.47. The second kappa shape index (κ2) is 6.68. The molecule has 1 unspecified atom stereocenters. The van der Waals surface area contributed by atoms with Crippen molar-refractivity contribution >= 4 is 11.6 Å². The van der Waals surface area contributed by atoms with E-state index < -0.39 is 0 Å². The second-order valence-electron chi connectivity index (χ2n) is 5.50. The molecule has 1 aromatic heterocycles. The lowest BCUT2D eigenvalue weighted by Crippen LogP contribution is -2.23. The van der Waals surface area contributed by atoms with Gasteiger partial charge in [-0.1, -0.05) is 20.8 Å². The SMILES string of the molecule is CCOC(C)CNc1cc(NN)nc(C(C)(C)C)n1. The van der Waals surface area contributed by atoms with Crippen molar-refractivity contribution in [2.24, 2.45) is 5.84 Å². The molecule has 0 radical (unpaired) electrons. The highest BCUT2D eigenvalue weighted by Gasteiger charge is 2.19. The number of rotatable bonds is 6. The van der Waals surface area contributed by atoms with Gasteiger partial charge >= 0.3 is 0 Å². The van der Waals surface area contributed by atoms with Crippen molar-refractivity contribution in [1.29, 1.82) is 0 Å². The van der Waals surface area contributed by atoms with Gasteiger partial charge < -0.3 is 15.5 Å². The first kappa shape index (κ1) is 15.7. The minimum Gasteiger partial charge on any atom is -0.377 e. The summed E-state index contributed by atoms with van der Waals surface area (Å²) in [5, 5.41) is 3.24. The van der Waals surface area contributed by atoms with E-state index in [1.54, 1.807) is 6.07 Å². The van der Waals surface area contributed by atoms with Crippen LogP contribution in [0, 0.1) is 0 Å². The summed E-state index contributed by atoms with van der Waals surface area (Å²) >= 11 is 0. The molecule has 0 fully saturated rings. The van der Waals surface area contributed by atoms with E-state index in [0.29, 0.717) is 19.0 Å². The molecule has 4 N–H and O–H groups in total. The summed E-state index contributed by atoms with van der Waals surface area (Å²) in [5.41, 5.74) is 2.44. The van der Waals surface area contributed by atoms with Crippen molar-refractivity contribution in [3.8, 4) is 0 Å². The predicted octanol–water partition coefficient (Wildman–Crippen LogP) is 1.90. The quantitative estimate of drug-likeness (QED) is 0.539. The van der Waals surface area contributed by atoms with Crippen LogP contribution in [0.2, 0.25) is 0 Å². The first-order chi connectivity index (χ1) is 8.86. The van der Waals surface area contributed by atoms with Crippen molar-refractivity contribution in [3.63, 3.8) is 0 Å². The molecule has 1 heterocycles. The zero-order valence-corrected chi connectivity index (χ0v) is 12.4. The minimum absolute atomic E-state index is 0.130. The van der Waals surface area contributed by atoms with E-state index in [-0.39, 0.29) is 11.5 Å². The fraction of sp³-hybridized carbons (Fsp3) is 0.692. The number of ether oxygens (including phenoxy) is 1. The fourth-order valence-electron chi connectivity index (χ4n) is 1.54. The Morgan fingerprint density at radius 3 is 2.47 bits per heavy atom. The largest absolute Gasteiger partial charge is 0.377 e. The minimum atomic E-state index is -0.130. The number of aromatic nitrogens is 2. The molecule has 0 aliphatic carbocycles. The van der Waals surface area contributed by atoms with Gasteiger partial charge in [0.15, 0.2) is 0 Å². The van der Waals surface area contributed by atoms with Crippen molar-refractivity contribution in [3.05, 3.63) is 11.9 Å². The van der Waals surface area contributed by atoms with Gasteiger partial charge in [0.2, 0.25) is 0 Å². The molecule has 108 valence electrons. The lowest BCUT2D eigenvalue weighted by atomic mass is 9.96. The van der Waals surface area contributed by atoms with Crippen molar-refractivity contribution in [2.75, 3.05) is 23.9 Å². The lowest BCUT2D eigenvalue weighted by molar-refractivity contribution is 0.0855. The molecule has 1 aromatic rings. The first-order valence-corrected chi connectivity index (χ1v) is 6.58. The van der Waals surface area contributed by atoms with Crippen molar-refractivity contribution in [2.45, 2.75) is 46.1 Å². The Morgan fingerprint density at radius 1 is 1.32 bits per heavy atom. The first-order valence-electron chi connectivity index (χ1n) is 6.58. The zero-order valence-electron chi connectivity index (χ0n) is 12.4. The van der Waals surface area contributed by atoms with Gasteiger partial charge in [-0.25, -0.2) is 15.8 Å². The molecule has 0 aliphatic rings. The van der Waals surface area contributed by atoms with Crippen LogP contribution in [0.4, 0.5) is 11.6 Å². The highest BCUT2D eigenvalue weighted by atomic mass is 16.5. The van der Waals surface area contributed by atoms with Crippen LogP contribution in [0.5, 0.6) is 0 Å². The molecular weight excluding hydrogens is 242 g/mol. The molecule has 19 heavy (non-hydrogen) atoms. The summed E-state index contributed by atoms with van der Waals surface area (Å²) in [4.78, 5) is 8.88. The van der Waals surface area contributed by atoms with Crippen LogP contribution in [-0.2, 0) is 10.2 Å². The molecular formula is C13H25N5O. The van der Waals surface area contributed by atoms with Crippen LogP contribution in [0.3, 0.4) is 0 Å². The summed E-state index contributed by atoms with van der Waals surface area (Å²) < 4.78 is 5.47. The normalized spacial score (nSPS) is 13.2. The van der Waals surface area contributed by atoms with Gasteiger partial charge in [-0.15, -0.1) is 0 Å². The van der Waals surface area contributed by atoms with Crippen LogP contribution in [-0.4, -0.2) is 29.2 Å². The van der Waals surface area contributed by atoms with Crippen LogP contribution in [0.15, 0.2) is 6.07 Å². The number of hydrazine groups is 1. The smallest absolute Gasteiger partial charge is 0.145 e. The fourth-order valence-corrected chi connectivity index (χ4v) is 1.54. The van der Waals surface area contributed by atoms with Gasteiger partial charge in [0.05, 0.1) is 6.10 Å². The van der Waals surface area contributed by atoms with Gasteiger partial charge in [0.25, 0.3) is 0 Å². The van der Waals surface area contributed by atoms with Gasteiger partial charge in [-0.05, 0) is 13.8 Å². The molecule has 0 aromatic carbocycles. The monoisotopic (exact) mass is 267 g/mol. The maximum Gasteiger partial charge on any atom is 0.145 e. The Bertz CT molecular complexity index is 403. The number of nitrogens with one attached hydrogen (secondary N) is 2. The van der Waals surface area contributed by atoms with Crippen LogP contribution in [0.25, 0.3) is 0 Å². The molecule has 6 heteroatoms. The van der Waals surface area contributed by atoms with E-state index in [1.807, 2.05) is 13.8 Å². The lowest BCUT2D eigenvalue weighted by Gasteiger charge is -2.19. The Kier molecular flexibility index (Phi) is 5.50.